The van der Waals surface area contributed by atoms with Crippen LogP contribution in [-0.2, 0) is 17.6 Å². The molecule has 20 heavy (non-hydrogen) atoms. The molecule has 0 atom stereocenters. The van der Waals surface area contributed by atoms with E-state index in [4.69, 9.17) is 11.6 Å². The summed E-state index contributed by atoms with van der Waals surface area (Å²) in [6.07, 6.45) is 0.383. The standard InChI is InChI=1S/C17H16ClFO/c1-11-5-12(2)7-13(6-11)8-16(20)10-14-9-15(18)3-4-17(14)19/h3-7,9H,8,10H2,1-2H3. The Morgan fingerprint density at radius 3 is 2.35 bits per heavy atom. The Morgan fingerprint density at radius 2 is 1.70 bits per heavy atom. The Labute approximate surface area is 123 Å². The second kappa shape index (κ2) is 6.19. The molecule has 2 aromatic rings. The fourth-order valence-corrected chi connectivity index (χ4v) is 2.55. The number of Topliss-reactive ketones (excluding diaryl/α,β-unsaturated/α-hetero) is 1. The third-order valence-corrected chi connectivity index (χ3v) is 3.31. The van der Waals surface area contributed by atoms with Crippen molar-refractivity contribution in [2.45, 2.75) is 26.7 Å². The zero-order valence-corrected chi connectivity index (χ0v) is 12.3. The number of ketones is 1. The van der Waals surface area contributed by atoms with Crippen molar-refractivity contribution in [3.63, 3.8) is 0 Å². The van der Waals surface area contributed by atoms with Gasteiger partial charge >= 0.3 is 0 Å². The SMILES string of the molecule is Cc1cc(C)cc(CC(=O)Cc2cc(Cl)ccc2F)c1. The molecule has 2 aromatic carbocycles. The first-order valence-corrected chi connectivity index (χ1v) is 6.84. The highest BCUT2D eigenvalue weighted by molar-refractivity contribution is 6.30. The van der Waals surface area contributed by atoms with Crippen molar-refractivity contribution in [1.29, 1.82) is 0 Å². The van der Waals surface area contributed by atoms with Gasteiger partial charge in [0.1, 0.15) is 11.6 Å². The molecule has 0 saturated carbocycles. The monoisotopic (exact) mass is 290 g/mol. The van der Waals surface area contributed by atoms with E-state index in [-0.39, 0.29) is 18.0 Å². The van der Waals surface area contributed by atoms with Crippen LogP contribution in [0.1, 0.15) is 22.3 Å². The van der Waals surface area contributed by atoms with Crippen molar-refractivity contribution < 1.29 is 9.18 Å². The second-order valence-corrected chi connectivity index (χ2v) is 5.56. The van der Waals surface area contributed by atoms with Gasteiger partial charge in [0.2, 0.25) is 0 Å². The summed E-state index contributed by atoms with van der Waals surface area (Å²) in [7, 11) is 0. The maximum Gasteiger partial charge on any atom is 0.141 e. The molecule has 0 saturated heterocycles. The maximum atomic E-state index is 13.6. The molecule has 104 valence electrons. The maximum absolute atomic E-state index is 13.6. The number of benzene rings is 2. The quantitative estimate of drug-likeness (QED) is 0.813. The van der Waals surface area contributed by atoms with E-state index < -0.39 is 0 Å². The Bertz CT molecular complexity index is 629. The summed E-state index contributed by atoms with van der Waals surface area (Å²) in [4.78, 5) is 12.1. The van der Waals surface area contributed by atoms with Crippen molar-refractivity contribution in [1.82, 2.24) is 0 Å². The summed E-state index contributed by atoms with van der Waals surface area (Å²) in [6, 6.07) is 10.3. The van der Waals surface area contributed by atoms with Gasteiger partial charge in [0.15, 0.2) is 0 Å². The van der Waals surface area contributed by atoms with Crippen LogP contribution in [0.15, 0.2) is 36.4 Å². The number of hydrogen-bond acceptors (Lipinski definition) is 1. The molecule has 0 fully saturated rings. The van der Waals surface area contributed by atoms with Crippen LogP contribution in [0, 0.1) is 19.7 Å². The summed E-state index contributed by atoms with van der Waals surface area (Å²) in [5.41, 5.74) is 3.57. The smallest absolute Gasteiger partial charge is 0.141 e. The van der Waals surface area contributed by atoms with Gasteiger partial charge < -0.3 is 0 Å². The molecule has 0 heterocycles. The number of carbonyl (C=O) groups excluding carboxylic acids is 1. The molecule has 0 aromatic heterocycles. The van der Waals surface area contributed by atoms with Crippen LogP contribution in [0.4, 0.5) is 4.39 Å². The van der Waals surface area contributed by atoms with E-state index in [1.54, 1.807) is 0 Å². The molecule has 0 amide bonds. The summed E-state index contributed by atoms with van der Waals surface area (Å²) in [5.74, 6) is -0.403. The van der Waals surface area contributed by atoms with Gasteiger partial charge in [-0.15, -0.1) is 0 Å². The molecule has 0 aliphatic rings. The molecule has 0 aliphatic heterocycles. The predicted octanol–water partition coefficient (Wildman–Crippen LogP) is 4.45. The lowest BCUT2D eigenvalue weighted by Gasteiger charge is -2.06. The van der Waals surface area contributed by atoms with Crippen LogP contribution in [0.3, 0.4) is 0 Å². The Morgan fingerprint density at radius 1 is 1.05 bits per heavy atom. The van der Waals surface area contributed by atoms with Gasteiger partial charge in [-0.25, -0.2) is 4.39 Å². The molecule has 0 radical (unpaired) electrons. The van der Waals surface area contributed by atoms with Gasteiger partial charge in [-0.1, -0.05) is 40.9 Å². The van der Waals surface area contributed by atoms with Gasteiger partial charge in [0, 0.05) is 17.9 Å². The minimum Gasteiger partial charge on any atom is -0.299 e. The third-order valence-electron chi connectivity index (χ3n) is 3.08. The molecule has 0 spiro atoms. The molecule has 1 nitrogen and oxygen atoms in total. The van der Waals surface area contributed by atoms with Crippen LogP contribution in [0.25, 0.3) is 0 Å². The molecule has 2 rings (SSSR count). The van der Waals surface area contributed by atoms with Crippen LogP contribution in [0.5, 0.6) is 0 Å². The van der Waals surface area contributed by atoms with Gasteiger partial charge in [-0.2, -0.15) is 0 Å². The molecule has 0 unspecified atom stereocenters. The van der Waals surface area contributed by atoms with Crippen molar-refractivity contribution >= 4 is 17.4 Å². The summed E-state index contributed by atoms with van der Waals surface area (Å²) in [6.45, 7) is 4.00. The molecular weight excluding hydrogens is 275 g/mol. The lowest BCUT2D eigenvalue weighted by molar-refractivity contribution is -0.117. The van der Waals surface area contributed by atoms with Crippen LogP contribution in [0.2, 0.25) is 5.02 Å². The summed E-state index contributed by atoms with van der Waals surface area (Å²) < 4.78 is 13.6. The Balaban J connectivity index is 2.11. The number of hydrogen-bond donors (Lipinski definition) is 0. The molecule has 0 aliphatic carbocycles. The van der Waals surface area contributed by atoms with Crippen molar-refractivity contribution in [2.75, 3.05) is 0 Å². The van der Waals surface area contributed by atoms with E-state index in [0.717, 1.165) is 16.7 Å². The van der Waals surface area contributed by atoms with E-state index in [9.17, 15) is 9.18 Å². The minimum atomic E-state index is -0.386. The van der Waals surface area contributed by atoms with Crippen molar-refractivity contribution in [3.8, 4) is 0 Å². The molecular formula is C17H16ClFO. The zero-order valence-electron chi connectivity index (χ0n) is 11.5. The average molecular weight is 291 g/mol. The molecule has 3 heteroatoms. The Kier molecular flexibility index (Phi) is 4.56. The highest BCUT2D eigenvalue weighted by Crippen LogP contribution is 2.17. The van der Waals surface area contributed by atoms with E-state index in [0.29, 0.717) is 17.0 Å². The Hall–Kier alpha value is -1.67. The zero-order chi connectivity index (χ0) is 14.7. The van der Waals surface area contributed by atoms with Crippen molar-refractivity contribution in [3.05, 3.63) is 69.5 Å². The highest BCUT2D eigenvalue weighted by atomic mass is 35.5. The van der Waals surface area contributed by atoms with Crippen LogP contribution < -0.4 is 0 Å². The van der Waals surface area contributed by atoms with E-state index >= 15 is 0 Å². The number of carbonyl (C=O) groups is 1. The lowest BCUT2D eigenvalue weighted by Crippen LogP contribution is -2.08. The first-order valence-electron chi connectivity index (χ1n) is 6.47. The van der Waals surface area contributed by atoms with Crippen LogP contribution >= 0.6 is 11.6 Å². The molecule has 0 bridgehead atoms. The largest absolute Gasteiger partial charge is 0.299 e. The topological polar surface area (TPSA) is 17.1 Å². The normalized spacial score (nSPS) is 10.6. The number of aryl methyl sites for hydroxylation is 2. The fraction of sp³-hybridized carbons (Fsp3) is 0.235. The first-order chi connectivity index (χ1) is 9.44. The van der Waals surface area contributed by atoms with Crippen LogP contribution in [-0.4, -0.2) is 5.78 Å². The summed E-state index contributed by atoms with van der Waals surface area (Å²) >= 11 is 5.82. The summed E-state index contributed by atoms with van der Waals surface area (Å²) in [5, 5.41) is 0.445. The molecule has 0 N–H and O–H groups in total. The third kappa shape index (κ3) is 3.91. The lowest BCUT2D eigenvalue weighted by atomic mass is 9.99. The van der Waals surface area contributed by atoms with E-state index in [1.165, 1.54) is 18.2 Å². The number of rotatable bonds is 4. The van der Waals surface area contributed by atoms with Crippen molar-refractivity contribution in [2.24, 2.45) is 0 Å². The highest BCUT2D eigenvalue weighted by Gasteiger charge is 2.10. The average Bonchev–Trinajstić information content (AvgIpc) is 2.32. The van der Waals surface area contributed by atoms with E-state index in [2.05, 4.69) is 6.07 Å². The first kappa shape index (κ1) is 14.7. The van der Waals surface area contributed by atoms with Gasteiger partial charge in [-0.05, 0) is 43.2 Å². The van der Waals surface area contributed by atoms with E-state index in [1.807, 2.05) is 26.0 Å². The van der Waals surface area contributed by atoms with Gasteiger partial charge in [-0.3, -0.25) is 4.79 Å². The van der Waals surface area contributed by atoms with Gasteiger partial charge in [0.25, 0.3) is 0 Å². The van der Waals surface area contributed by atoms with Gasteiger partial charge in [0.05, 0.1) is 0 Å². The second-order valence-electron chi connectivity index (χ2n) is 5.12. The predicted molar refractivity (Wildman–Crippen MR) is 79.7 cm³/mol. The minimum absolute atomic E-state index is 0.0174. The number of halogens is 2. The fourth-order valence-electron chi connectivity index (χ4n) is 2.35.